The van der Waals surface area contributed by atoms with Crippen molar-refractivity contribution in [3.63, 3.8) is 0 Å². The molecule has 0 bridgehead atoms. The fourth-order valence-electron chi connectivity index (χ4n) is 2.91. The number of hydrogen-bond acceptors (Lipinski definition) is 2. The summed E-state index contributed by atoms with van der Waals surface area (Å²) in [5.74, 6) is 5.25. The predicted molar refractivity (Wildman–Crippen MR) is 80.7 cm³/mol. The summed E-state index contributed by atoms with van der Waals surface area (Å²) in [6.07, 6.45) is 3.78. The van der Waals surface area contributed by atoms with E-state index in [1.165, 1.54) is 25.3 Å². The summed E-state index contributed by atoms with van der Waals surface area (Å²) in [4.78, 5) is 2.50. The van der Waals surface area contributed by atoms with Crippen LogP contribution < -0.4 is 5.73 Å². The highest BCUT2D eigenvalue weighted by Crippen LogP contribution is 2.25. The molecule has 0 saturated carbocycles. The highest BCUT2D eigenvalue weighted by Gasteiger charge is 2.24. The second kappa shape index (κ2) is 6.88. The highest BCUT2D eigenvalue weighted by molar-refractivity contribution is 5.38. The Bertz CT molecular complexity index is 505. The Balaban J connectivity index is 2.16. The van der Waals surface area contributed by atoms with Gasteiger partial charge in [0, 0.05) is 18.6 Å². The van der Waals surface area contributed by atoms with Gasteiger partial charge >= 0.3 is 0 Å². The van der Waals surface area contributed by atoms with Gasteiger partial charge in [-0.05, 0) is 44.4 Å². The third kappa shape index (κ3) is 3.59. The van der Waals surface area contributed by atoms with Crippen molar-refractivity contribution in [2.45, 2.75) is 51.7 Å². The van der Waals surface area contributed by atoms with Gasteiger partial charge in [-0.25, -0.2) is 4.39 Å². The summed E-state index contributed by atoms with van der Waals surface area (Å²) in [6, 6.07) is 6.39. The number of benzene rings is 1. The van der Waals surface area contributed by atoms with E-state index in [2.05, 4.69) is 30.6 Å². The van der Waals surface area contributed by atoms with Crippen molar-refractivity contribution in [2.24, 2.45) is 5.73 Å². The van der Waals surface area contributed by atoms with Crippen LogP contribution in [0.4, 0.5) is 4.39 Å². The van der Waals surface area contributed by atoms with Crippen LogP contribution in [0.3, 0.4) is 0 Å². The average molecular weight is 274 g/mol. The molecule has 2 atom stereocenters. The van der Waals surface area contributed by atoms with Crippen LogP contribution in [0.1, 0.15) is 44.2 Å². The molecule has 1 heterocycles. The number of hydrogen-bond donors (Lipinski definition) is 1. The van der Waals surface area contributed by atoms with E-state index in [0.717, 1.165) is 12.1 Å². The molecule has 0 aromatic heterocycles. The van der Waals surface area contributed by atoms with E-state index in [-0.39, 0.29) is 12.4 Å². The van der Waals surface area contributed by atoms with Crippen LogP contribution in [0.15, 0.2) is 18.2 Å². The average Bonchev–Trinajstić information content (AvgIpc) is 2.43. The zero-order chi connectivity index (χ0) is 14.5. The zero-order valence-electron chi connectivity index (χ0n) is 12.3. The number of rotatable bonds is 2. The summed E-state index contributed by atoms with van der Waals surface area (Å²) in [6.45, 7) is 5.66. The second-order valence-corrected chi connectivity index (χ2v) is 5.62. The van der Waals surface area contributed by atoms with Gasteiger partial charge in [0.25, 0.3) is 0 Å². The van der Waals surface area contributed by atoms with Crippen molar-refractivity contribution >= 4 is 0 Å². The SMILES string of the molecule is CC1CCCC(C)N1Cc1ccc(F)c(C#CCN)c1. The van der Waals surface area contributed by atoms with Crippen LogP contribution in [-0.2, 0) is 6.54 Å². The maximum atomic E-state index is 13.7. The summed E-state index contributed by atoms with van der Waals surface area (Å²) in [7, 11) is 0. The minimum absolute atomic E-state index is 0.254. The van der Waals surface area contributed by atoms with Gasteiger partial charge in [0.1, 0.15) is 5.82 Å². The van der Waals surface area contributed by atoms with Gasteiger partial charge in [0.15, 0.2) is 0 Å². The van der Waals surface area contributed by atoms with E-state index < -0.39 is 0 Å². The van der Waals surface area contributed by atoms with E-state index in [1.807, 2.05) is 12.1 Å². The molecule has 3 heteroatoms. The monoisotopic (exact) mass is 274 g/mol. The normalized spacial score (nSPS) is 23.2. The largest absolute Gasteiger partial charge is 0.320 e. The van der Waals surface area contributed by atoms with Gasteiger partial charge in [0.05, 0.1) is 12.1 Å². The van der Waals surface area contributed by atoms with Crippen molar-refractivity contribution in [3.8, 4) is 11.8 Å². The Morgan fingerprint density at radius 3 is 2.65 bits per heavy atom. The number of nitrogens with two attached hydrogens (primary N) is 1. The number of halogens is 1. The lowest BCUT2D eigenvalue weighted by Gasteiger charge is -2.39. The summed E-state index contributed by atoms with van der Waals surface area (Å²) in [5.41, 5.74) is 6.91. The first-order valence-electron chi connectivity index (χ1n) is 7.35. The maximum Gasteiger partial charge on any atom is 0.138 e. The molecule has 0 amide bonds. The Morgan fingerprint density at radius 2 is 2.00 bits per heavy atom. The Kier molecular flexibility index (Phi) is 5.17. The molecule has 0 spiro atoms. The van der Waals surface area contributed by atoms with Gasteiger partial charge in [-0.15, -0.1) is 0 Å². The summed E-state index contributed by atoms with van der Waals surface area (Å²) in [5, 5.41) is 0. The lowest BCUT2D eigenvalue weighted by atomic mass is 9.96. The Hall–Kier alpha value is -1.37. The van der Waals surface area contributed by atoms with Crippen molar-refractivity contribution in [2.75, 3.05) is 6.54 Å². The van der Waals surface area contributed by atoms with Gasteiger partial charge in [0.2, 0.25) is 0 Å². The number of likely N-dealkylation sites (tertiary alicyclic amines) is 1. The number of piperidine rings is 1. The van der Waals surface area contributed by atoms with Crippen LogP contribution in [-0.4, -0.2) is 23.5 Å². The molecule has 108 valence electrons. The third-order valence-electron chi connectivity index (χ3n) is 4.10. The van der Waals surface area contributed by atoms with Crippen LogP contribution in [0.2, 0.25) is 0 Å². The lowest BCUT2D eigenvalue weighted by Crippen LogP contribution is -2.42. The fourth-order valence-corrected chi connectivity index (χ4v) is 2.91. The second-order valence-electron chi connectivity index (χ2n) is 5.62. The van der Waals surface area contributed by atoms with Crippen molar-refractivity contribution in [1.29, 1.82) is 0 Å². The zero-order valence-corrected chi connectivity index (χ0v) is 12.3. The first-order chi connectivity index (χ1) is 9.61. The molecular formula is C17H23FN2. The van der Waals surface area contributed by atoms with Crippen molar-refractivity contribution < 1.29 is 4.39 Å². The van der Waals surface area contributed by atoms with Crippen molar-refractivity contribution in [3.05, 3.63) is 35.1 Å². The first kappa shape index (κ1) is 15.0. The molecule has 2 N–H and O–H groups in total. The molecule has 0 aliphatic carbocycles. The summed E-state index contributed by atoms with van der Waals surface area (Å²) < 4.78 is 13.7. The standard InChI is InChI=1S/C17H23FN2/c1-13-5-3-6-14(2)20(13)12-15-8-9-17(18)16(11-15)7-4-10-19/h8-9,11,13-14H,3,5-6,10,12,19H2,1-2H3. The lowest BCUT2D eigenvalue weighted by molar-refractivity contribution is 0.0952. The molecule has 1 aromatic carbocycles. The maximum absolute atomic E-state index is 13.7. The van der Waals surface area contributed by atoms with E-state index >= 15 is 0 Å². The molecule has 1 saturated heterocycles. The smallest absolute Gasteiger partial charge is 0.138 e. The molecule has 1 aliphatic heterocycles. The fraction of sp³-hybridized carbons (Fsp3) is 0.529. The Labute approximate surface area is 121 Å². The molecule has 1 aromatic rings. The number of nitrogens with zero attached hydrogens (tertiary/aromatic N) is 1. The molecule has 2 unspecified atom stereocenters. The van der Waals surface area contributed by atoms with Crippen LogP contribution in [0.25, 0.3) is 0 Å². The highest BCUT2D eigenvalue weighted by atomic mass is 19.1. The van der Waals surface area contributed by atoms with Gasteiger partial charge in [-0.2, -0.15) is 0 Å². The molecule has 1 fully saturated rings. The summed E-state index contributed by atoms with van der Waals surface area (Å²) >= 11 is 0. The molecule has 20 heavy (non-hydrogen) atoms. The van der Waals surface area contributed by atoms with Gasteiger partial charge < -0.3 is 5.73 Å². The molecular weight excluding hydrogens is 251 g/mol. The first-order valence-corrected chi connectivity index (χ1v) is 7.35. The van der Waals surface area contributed by atoms with Crippen LogP contribution >= 0.6 is 0 Å². The minimum atomic E-state index is -0.269. The minimum Gasteiger partial charge on any atom is -0.320 e. The topological polar surface area (TPSA) is 29.3 Å². The molecule has 2 rings (SSSR count). The van der Waals surface area contributed by atoms with E-state index in [1.54, 1.807) is 0 Å². The predicted octanol–water partition coefficient (Wildman–Crippen LogP) is 2.90. The van der Waals surface area contributed by atoms with Gasteiger partial charge in [-0.1, -0.05) is 24.3 Å². The third-order valence-corrected chi connectivity index (χ3v) is 4.10. The van der Waals surface area contributed by atoms with Crippen LogP contribution in [0, 0.1) is 17.7 Å². The van der Waals surface area contributed by atoms with E-state index in [9.17, 15) is 4.39 Å². The van der Waals surface area contributed by atoms with Gasteiger partial charge in [-0.3, -0.25) is 4.90 Å². The van der Waals surface area contributed by atoms with E-state index in [0.29, 0.717) is 17.6 Å². The van der Waals surface area contributed by atoms with Crippen LogP contribution in [0.5, 0.6) is 0 Å². The molecule has 1 aliphatic rings. The molecule has 0 radical (unpaired) electrons. The molecule has 2 nitrogen and oxygen atoms in total. The quantitative estimate of drug-likeness (QED) is 0.840. The Morgan fingerprint density at radius 1 is 1.30 bits per heavy atom. The van der Waals surface area contributed by atoms with Crippen molar-refractivity contribution in [1.82, 2.24) is 4.90 Å². The van der Waals surface area contributed by atoms with E-state index in [4.69, 9.17) is 5.73 Å².